The number of thioether (sulfide) groups is 1. The largest absolute Gasteiger partial charge is 0.366 e. The van der Waals surface area contributed by atoms with Gasteiger partial charge in [-0.2, -0.15) is 0 Å². The molecule has 0 radical (unpaired) electrons. The van der Waals surface area contributed by atoms with Crippen LogP contribution >= 0.6 is 11.8 Å². The second-order valence-corrected chi connectivity index (χ2v) is 8.28. The molecule has 1 saturated heterocycles. The Kier molecular flexibility index (Phi) is 7.69. The highest BCUT2D eigenvalue weighted by Crippen LogP contribution is 2.15. The van der Waals surface area contributed by atoms with Crippen LogP contribution in [-0.2, 0) is 14.3 Å². The molecule has 1 unspecified atom stereocenters. The number of piperidine rings is 1. The first-order chi connectivity index (χ1) is 10.2. The molecule has 0 bridgehead atoms. The quantitative estimate of drug-likeness (QED) is 0.810. The molecule has 5 nitrogen and oxygen atoms in total. The summed E-state index contributed by atoms with van der Waals surface area (Å²) in [6.45, 7) is 11.3. The minimum atomic E-state index is -0.297. The highest BCUT2D eigenvalue weighted by molar-refractivity contribution is 8.00. The van der Waals surface area contributed by atoms with Crippen LogP contribution in [0.1, 0.15) is 47.5 Å². The lowest BCUT2D eigenvalue weighted by molar-refractivity contribution is -0.142. The van der Waals surface area contributed by atoms with E-state index in [1.807, 2.05) is 32.6 Å². The molecule has 0 saturated carbocycles. The van der Waals surface area contributed by atoms with E-state index in [0.717, 1.165) is 18.6 Å². The van der Waals surface area contributed by atoms with Crippen molar-refractivity contribution < 1.29 is 14.3 Å². The van der Waals surface area contributed by atoms with Crippen molar-refractivity contribution in [1.29, 1.82) is 0 Å². The van der Waals surface area contributed by atoms with E-state index in [4.69, 9.17) is 4.74 Å². The van der Waals surface area contributed by atoms with Crippen LogP contribution in [-0.4, -0.2) is 59.1 Å². The molecule has 0 aromatic heterocycles. The van der Waals surface area contributed by atoms with Gasteiger partial charge in [0.2, 0.25) is 11.8 Å². The van der Waals surface area contributed by atoms with Gasteiger partial charge in [0.05, 0.1) is 10.9 Å². The Bertz CT molecular complexity index is 374. The number of nitrogens with one attached hydrogen (secondary N) is 1. The first-order valence-corrected chi connectivity index (χ1v) is 9.11. The van der Waals surface area contributed by atoms with Crippen LogP contribution in [0.5, 0.6) is 0 Å². The maximum absolute atomic E-state index is 12.1. The van der Waals surface area contributed by atoms with Gasteiger partial charge in [0.25, 0.3) is 0 Å². The number of hydrogen-bond acceptors (Lipinski definition) is 4. The van der Waals surface area contributed by atoms with Crippen molar-refractivity contribution in [2.24, 2.45) is 0 Å². The molecule has 2 amide bonds. The van der Waals surface area contributed by atoms with Crippen LogP contribution in [0.4, 0.5) is 0 Å². The van der Waals surface area contributed by atoms with Crippen LogP contribution in [0.3, 0.4) is 0 Å². The van der Waals surface area contributed by atoms with E-state index >= 15 is 0 Å². The van der Waals surface area contributed by atoms with Crippen molar-refractivity contribution >= 4 is 23.6 Å². The number of likely N-dealkylation sites (tertiary alicyclic amines) is 1. The molecule has 22 heavy (non-hydrogen) atoms. The summed E-state index contributed by atoms with van der Waals surface area (Å²) < 4.78 is 5.53. The second-order valence-electron chi connectivity index (χ2n) is 6.66. The summed E-state index contributed by atoms with van der Waals surface area (Å²) in [5.41, 5.74) is -0.297. The summed E-state index contributed by atoms with van der Waals surface area (Å²) in [4.78, 5) is 25.9. The topological polar surface area (TPSA) is 58.6 Å². The fraction of sp³-hybridized carbons (Fsp3) is 0.875. The first kappa shape index (κ1) is 19.3. The molecule has 1 aliphatic heterocycles. The Morgan fingerprint density at radius 2 is 1.91 bits per heavy atom. The lowest BCUT2D eigenvalue weighted by Crippen LogP contribution is -2.49. The molecule has 1 fully saturated rings. The smallest absolute Gasteiger partial charge is 0.248 e. The van der Waals surface area contributed by atoms with E-state index in [2.05, 4.69) is 12.2 Å². The van der Waals surface area contributed by atoms with Gasteiger partial charge in [-0.3, -0.25) is 9.59 Å². The molecule has 0 aromatic carbocycles. The van der Waals surface area contributed by atoms with E-state index in [9.17, 15) is 9.59 Å². The maximum Gasteiger partial charge on any atom is 0.248 e. The Labute approximate surface area is 138 Å². The number of carbonyl (C=O) groups is 2. The monoisotopic (exact) mass is 330 g/mol. The zero-order valence-corrected chi connectivity index (χ0v) is 15.3. The Morgan fingerprint density at radius 3 is 2.41 bits per heavy atom. The molecule has 1 aliphatic rings. The minimum Gasteiger partial charge on any atom is -0.366 e. The van der Waals surface area contributed by atoms with Crippen molar-refractivity contribution in [1.82, 2.24) is 10.2 Å². The zero-order valence-electron chi connectivity index (χ0n) is 14.5. The van der Waals surface area contributed by atoms with Crippen LogP contribution in [0.2, 0.25) is 0 Å². The number of amides is 2. The van der Waals surface area contributed by atoms with E-state index in [-0.39, 0.29) is 35.3 Å². The summed E-state index contributed by atoms with van der Waals surface area (Å²) in [7, 11) is 0. The minimum absolute atomic E-state index is 0.00940. The molecule has 1 N–H and O–H groups in total. The Morgan fingerprint density at radius 1 is 1.32 bits per heavy atom. The van der Waals surface area contributed by atoms with Gasteiger partial charge in [0, 0.05) is 19.1 Å². The first-order valence-electron chi connectivity index (χ1n) is 8.06. The molecule has 0 spiro atoms. The van der Waals surface area contributed by atoms with E-state index in [1.54, 1.807) is 11.8 Å². The molecule has 1 rings (SSSR count). The standard InChI is InChI=1S/C16H30N2O3S/c1-6-22-12(2)15(20)17-13-7-9-18(10-8-13)14(19)11-21-16(3,4)5/h12-13H,6-11H2,1-5H3,(H,17,20). The van der Waals surface area contributed by atoms with E-state index < -0.39 is 0 Å². The maximum atomic E-state index is 12.1. The summed E-state index contributed by atoms with van der Waals surface area (Å²) >= 11 is 1.65. The second kappa shape index (κ2) is 8.77. The highest BCUT2D eigenvalue weighted by Gasteiger charge is 2.26. The van der Waals surface area contributed by atoms with Crippen molar-refractivity contribution in [2.75, 3.05) is 25.4 Å². The molecule has 1 atom stereocenters. The molecule has 0 aliphatic carbocycles. The van der Waals surface area contributed by atoms with Crippen molar-refractivity contribution in [3.8, 4) is 0 Å². The van der Waals surface area contributed by atoms with Crippen molar-refractivity contribution in [3.63, 3.8) is 0 Å². The summed E-state index contributed by atoms with van der Waals surface area (Å²) in [5.74, 6) is 1.08. The molecular weight excluding hydrogens is 300 g/mol. The van der Waals surface area contributed by atoms with Gasteiger partial charge in [-0.05, 0) is 46.3 Å². The lowest BCUT2D eigenvalue weighted by Gasteiger charge is -2.33. The summed E-state index contributed by atoms with van der Waals surface area (Å²) in [5, 5.41) is 3.08. The van der Waals surface area contributed by atoms with E-state index in [1.165, 1.54) is 0 Å². The average molecular weight is 330 g/mol. The Balaban J connectivity index is 2.31. The SMILES string of the molecule is CCSC(C)C(=O)NC1CCN(C(=O)COC(C)(C)C)CC1. The molecule has 6 heteroatoms. The van der Waals surface area contributed by atoms with Gasteiger partial charge in [-0.15, -0.1) is 11.8 Å². The van der Waals surface area contributed by atoms with Gasteiger partial charge in [0.15, 0.2) is 0 Å². The van der Waals surface area contributed by atoms with Crippen molar-refractivity contribution in [2.45, 2.75) is 64.4 Å². The third-order valence-electron chi connectivity index (χ3n) is 3.61. The van der Waals surface area contributed by atoms with Gasteiger partial charge < -0.3 is 15.0 Å². The van der Waals surface area contributed by atoms with Gasteiger partial charge in [-0.25, -0.2) is 0 Å². The third kappa shape index (κ3) is 7.01. The van der Waals surface area contributed by atoms with E-state index in [0.29, 0.717) is 13.1 Å². The van der Waals surface area contributed by atoms with Crippen molar-refractivity contribution in [3.05, 3.63) is 0 Å². The van der Waals surface area contributed by atoms with Crippen LogP contribution < -0.4 is 5.32 Å². The molecule has 128 valence electrons. The predicted octanol–water partition coefficient (Wildman–Crippen LogP) is 2.05. The van der Waals surface area contributed by atoms with Crippen LogP contribution in [0, 0.1) is 0 Å². The predicted molar refractivity (Wildman–Crippen MR) is 91.0 cm³/mol. The summed E-state index contributed by atoms with van der Waals surface area (Å²) in [6.07, 6.45) is 1.63. The van der Waals surface area contributed by atoms with Crippen LogP contribution in [0.25, 0.3) is 0 Å². The lowest BCUT2D eigenvalue weighted by atomic mass is 10.0. The number of nitrogens with zero attached hydrogens (tertiary/aromatic N) is 1. The summed E-state index contributed by atoms with van der Waals surface area (Å²) in [6, 6.07) is 0.181. The fourth-order valence-electron chi connectivity index (χ4n) is 2.29. The van der Waals surface area contributed by atoms with Gasteiger partial charge in [-0.1, -0.05) is 6.92 Å². The molecule has 1 heterocycles. The van der Waals surface area contributed by atoms with Gasteiger partial charge in [0.1, 0.15) is 6.61 Å². The number of ether oxygens (including phenoxy) is 1. The highest BCUT2D eigenvalue weighted by atomic mass is 32.2. The normalized spacial score (nSPS) is 18.1. The molecule has 0 aromatic rings. The number of carbonyl (C=O) groups excluding carboxylic acids is 2. The third-order valence-corrected chi connectivity index (χ3v) is 4.66. The number of hydrogen-bond donors (Lipinski definition) is 1. The average Bonchev–Trinajstić information content (AvgIpc) is 2.45. The van der Waals surface area contributed by atoms with Crippen LogP contribution in [0.15, 0.2) is 0 Å². The zero-order chi connectivity index (χ0) is 16.8. The van der Waals surface area contributed by atoms with Gasteiger partial charge >= 0.3 is 0 Å². The fourth-order valence-corrected chi connectivity index (χ4v) is 3.01. The molecular formula is C16H30N2O3S. The number of rotatable bonds is 6. The Hall–Kier alpha value is -0.750.